The highest BCUT2D eigenvalue weighted by Crippen LogP contribution is 2.35. The molecule has 1 atom stereocenters. The molecular weight excluding hydrogens is 422 g/mol. The number of pyridine rings is 2. The third-order valence-electron chi connectivity index (χ3n) is 5.47. The molecule has 3 rings (SSSR count). The van der Waals surface area contributed by atoms with Crippen LogP contribution in [-0.4, -0.2) is 28.7 Å². The van der Waals surface area contributed by atoms with Gasteiger partial charge in [-0.05, 0) is 48.4 Å². The van der Waals surface area contributed by atoms with Crippen molar-refractivity contribution in [3.8, 4) is 11.1 Å². The number of thiophene rings is 1. The Morgan fingerprint density at radius 1 is 1.31 bits per heavy atom. The van der Waals surface area contributed by atoms with Crippen LogP contribution in [0.1, 0.15) is 45.4 Å². The van der Waals surface area contributed by atoms with E-state index in [0.29, 0.717) is 17.7 Å². The highest BCUT2D eigenvalue weighted by atomic mass is 32.1. The van der Waals surface area contributed by atoms with Gasteiger partial charge >= 0.3 is 0 Å². The predicted octanol–water partition coefficient (Wildman–Crippen LogP) is 5.25. The summed E-state index contributed by atoms with van der Waals surface area (Å²) >= 11 is 1.69. The summed E-state index contributed by atoms with van der Waals surface area (Å²) in [6.07, 6.45) is 6.59. The molecule has 0 aliphatic heterocycles. The van der Waals surface area contributed by atoms with Gasteiger partial charge in [0.15, 0.2) is 0 Å². The van der Waals surface area contributed by atoms with Crippen molar-refractivity contribution in [1.82, 2.24) is 9.55 Å². The van der Waals surface area contributed by atoms with Crippen LogP contribution in [-0.2, 0) is 23.0 Å². The maximum Gasteiger partial charge on any atom is 0.259 e. The van der Waals surface area contributed by atoms with Crippen LogP contribution in [0.25, 0.3) is 21.2 Å². The average molecular weight is 456 g/mol. The van der Waals surface area contributed by atoms with E-state index < -0.39 is 0 Å². The lowest BCUT2D eigenvalue weighted by Gasteiger charge is -2.14. The van der Waals surface area contributed by atoms with Crippen molar-refractivity contribution in [1.29, 1.82) is 0 Å². The molecule has 1 amide bonds. The number of carbonyl (C=O) groups is 1. The monoisotopic (exact) mass is 455 g/mol. The number of fused-ring (bicyclic) bond motifs is 1. The molecule has 7 heteroatoms. The minimum absolute atomic E-state index is 0.00991. The summed E-state index contributed by atoms with van der Waals surface area (Å²) in [5.41, 5.74) is 1.91. The number of nitrogens with one attached hydrogen (secondary N) is 1. The van der Waals surface area contributed by atoms with Crippen LogP contribution in [0, 0.1) is 11.8 Å². The van der Waals surface area contributed by atoms with Crippen LogP contribution < -0.4 is 10.9 Å². The molecule has 3 aromatic rings. The predicted molar refractivity (Wildman–Crippen MR) is 132 cm³/mol. The van der Waals surface area contributed by atoms with Crippen LogP contribution in [0.5, 0.6) is 0 Å². The summed E-state index contributed by atoms with van der Waals surface area (Å²) in [7, 11) is 1.78. The van der Waals surface area contributed by atoms with E-state index in [1.165, 1.54) is 11.8 Å². The Bertz CT molecular complexity index is 1130. The number of nitrogens with zero attached hydrogens (tertiary/aromatic N) is 2. The van der Waals surface area contributed by atoms with Gasteiger partial charge in [0.25, 0.3) is 5.56 Å². The number of ether oxygens (including phenoxy) is 1. The second kappa shape index (κ2) is 10.9. The van der Waals surface area contributed by atoms with Gasteiger partial charge in [0.1, 0.15) is 5.82 Å². The van der Waals surface area contributed by atoms with Gasteiger partial charge in [-0.25, -0.2) is 4.98 Å². The van der Waals surface area contributed by atoms with E-state index in [4.69, 9.17) is 4.74 Å². The van der Waals surface area contributed by atoms with Crippen molar-refractivity contribution in [3.63, 3.8) is 0 Å². The van der Waals surface area contributed by atoms with Crippen LogP contribution in [0.15, 0.2) is 35.4 Å². The Kier molecular flexibility index (Phi) is 8.21. The van der Waals surface area contributed by atoms with Gasteiger partial charge in [-0.1, -0.05) is 27.2 Å². The first-order valence-corrected chi connectivity index (χ1v) is 12.0. The van der Waals surface area contributed by atoms with Gasteiger partial charge in [-0.3, -0.25) is 9.59 Å². The number of hydrogen-bond donors (Lipinski definition) is 1. The maximum absolute atomic E-state index is 12.8. The molecule has 3 heterocycles. The van der Waals surface area contributed by atoms with E-state index in [9.17, 15) is 9.59 Å². The third-order valence-corrected chi connectivity index (χ3v) is 6.66. The number of aryl methyl sites for hydroxylation is 1. The van der Waals surface area contributed by atoms with Crippen molar-refractivity contribution in [2.75, 3.05) is 18.5 Å². The molecule has 0 radical (unpaired) electrons. The lowest BCUT2D eigenvalue weighted by atomic mass is 9.98. The summed E-state index contributed by atoms with van der Waals surface area (Å²) in [5, 5.41) is 3.48. The summed E-state index contributed by atoms with van der Waals surface area (Å²) in [4.78, 5) is 29.7. The number of rotatable bonds is 10. The molecule has 172 valence electrons. The molecule has 6 nitrogen and oxygen atoms in total. The topological polar surface area (TPSA) is 73.2 Å². The van der Waals surface area contributed by atoms with Gasteiger partial charge in [0.05, 0.1) is 5.39 Å². The van der Waals surface area contributed by atoms with Crippen molar-refractivity contribution < 1.29 is 9.53 Å². The molecule has 0 fully saturated rings. The standard InChI is InChI=1S/C25H33N3O3S/c1-6-18(8-10-31-15-16(2)3)11-20-13-21-24(32-20)22(14-28(5)25(21)30)19-7-9-26-23(12-19)27-17(4)29/h7,9,12-14,16,18H,6,8,10-11,15H2,1-5H3,(H,26,27,29). The van der Waals surface area contributed by atoms with Crippen LogP contribution >= 0.6 is 11.3 Å². The molecule has 1 N–H and O–H groups in total. The number of amides is 1. The number of aromatic nitrogens is 2. The van der Waals surface area contributed by atoms with E-state index in [-0.39, 0.29) is 11.5 Å². The summed E-state index contributed by atoms with van der Waals surface area (Å²) in [6, 6.07) is 5.81. The summed E-state index contributed by atoms with van der Waals surface area (Å²) in [6.45, 7) is 9.57. The fourth-order valence-electron chi connectivity index (χ4n) is 3.76. The van der Waals surface area contributed by atoms with Crippen LogP contribution in [0.2, 0.25) is 0 Å². The highest BCUT2D eigenvalue weighted by Gasteiger charge is 2.16. The Morgan fingerprint density at radius 3 is 2.78 bits per heavy atom. The zero-order chi connectivity index (χ0) is 23.3. The Morgan fingerprint density at radius 2 is 2.09 bits per heavy atom. The first kappa shape index (κ1) is 24.1. The van der Waals surface area contributed by atoms with Crippen molar-refractivity contribution in [2.24, 2.45) is 18.9 Å². The van der Waals surface area contributed by atoms with Crippen LogP contribution in [0.3, 0.4) is 0 Å². The Labute approximate surface area is 193 Å². The molecule has 32 heavy (non-hydrogen) atoms. The van der Waals surface area contributed by atoms with Gasteiger partial charge in [-0.2, -0.15) is 0 Å². The molecule has 0 aliphatic rings. The minimum Gasteiger partial charge on any atom is -0.381 e. The fourth-order valence-corrected chi connectivity index (χ4v) is 5.05. The van der Waals surface area contributed by atoms with Gasteiger partial charge in [0.2, 0.25) is 5.91 Å². The van der Waals surface area contributed by atoms with E-state index in [0.717, 1.165) is 53.7 Å². The van der Waals surface area contributed by atoms with Gasteiger partial charge < -0.3 is 14.6 Å². The second-order valence-corrected chi connectivity index (χ2v) is 9.90. The van der Waals surface area contributed by atoms with E-state index >= 15 is 0 Å². The average Bonchev–Trinajstić information content (AvgIpc) is 3.16. The number of carbonyl (C=O) groups excluding carboxylic acids is 1. The lowest BCUT2D eigenvalue weighted by Crippen LogP contribution is -2.15. The Hall–Kier alpha value is -2.51. The van der Waals surface area contributed by atoms with Crippen molar-refractivity contribution >= 4 is 33.1 Å². The first-order chi connectivity index (χ1) is 15.3. The Balaban J connectivity index is 1.90. The van der Waals surface area contributed by atoms with Crippen LogP contribution in [0.4, 0.5) is 5.82 Å². The molecule has 0 saturated heterocycles. The third kappa shape index (κ3) is 6.04. The molecule has 0 bridgehead atoms. The number of hydrogen-bond acceptors (Lipinski definition) is 5. The smallest absolute Gasteiger partial charge is 0.259 e. The molecule has 0 aliphatic carbocycles. The zero-order valence-corrected chi connectivity index (χ0v) is 20.4. The normalized spacial score (nSPS) is 12.4. The molecule has 3 aromatic heterocycles. The summed E-state index contributed by atoms with van der Waals surface area (Å²) in [5.74, 6) is 1.41. The van der Waals surface area contributed by atoms with Crippen molar-refractivity contribution in [3.05, 3.63) is 45.8 Å². The van der Waals surface area contributed by atoms with E-state index in [1.807, 2.05) is 18.3 Å². The largest absolute Gasteiger partial charge is 0.381 e. The number of anilines is 1. The lowest BCUT2D eigenvalue weighted by molar-refractivity contribution is -0.114. The van der Waals surface area contributed by atoms with Crippen molar-refractivity contribution in [2.45, 2.75) is 47.0 Å². The van der Waals surface area contributed by atoms with E-state index in [2.05, 4.69) is 37.1 Å². The molecular formula is C25H33N3O3S. The van der Waals surface area contributed by atoms with Gasteiger partial charge in [-0.15, -0.1) is 11.3 Å². The highest BCUT2D eigenvalue weighted by molar-refractivity contribution is 7.19. The molecule has 0 spiro atoms. The summed E-state index contributed by atoms with van der Waals surface area (Å²) < 4.78 is 8.40. The minimum atomic E-state index is -0.165. The maximum atomic E-state index is 12.8. The SMILES string of the molecule is CCC(CCOCC(C)C)Cc1cc2c(=O)n(C)cc(-c3ccnc(NC(C)=O)c3)c2s1. The molecule has 0 saturated carbocycles. The fraction of sp³-hybridized carbons (Fsp3) is 0.480. The zero-order valence-electron chi connectivity index (χ0n) is 19.6. The van der Waals surface area contributed by atoms with E-state index in [1.54, 1.807) is 29.1 Å². The molecule has 1 unspecified atom stereocenters. The quantitative estimate of drug-likeness (QED) is 0.424. The second-order valence-electron chi connectivity index (χ2n) is 8.76. The van der Waals surface area contributed by atoms with Gasteiger partial charge in [0, 0.05) is 54.7 Å². The first-order valence-electron chi connectivity index (χ1n) is 11.2. The molecule has 0 aromatic carbocycles.